The van der Waals surface area contributed by atoms with E-state index in [4.69, 9.17) is 0 Å². The summed E-state index contributed by atoms with van der Waals surface area (Å²) in [6.07, 6.45) is 0. The van der Waals surface area contributed by atoms with Gasteiger partial charge in [0.05, 0.1) is 0 Å². The van der Waals surface area contributed by atoms with Crippen LogP contribution in [0.2, 0.25) is 0 Å². The smallest absolute Gasteiger partial charge is 0.321 e. The number of nitrogens with one attached hydrogen (secondary N) is 3. The molecule has 1 atom stereocenters. The molecule has 0 saturated carbocycles. The monoisotopic (exact) mass is 383 g/mol. The Hall–Kier alpha value is -3.19. The second-order valence-corrected chi connectivity index (χ2v) is 6.72. The van der Waals surface area contributed by atoms with Gasteiger partial charge in [0, 0.05) is 18.3 Å². The van der Waals surface area contributed by atoms with Gasteiger partial charge in [0.15, 0.2) is 12.6 Å². The summed E-state index contributed by atoms with van der Waals surface area (Å²) >= 11 is 0. The van der Waals surface area contributed by atoms with Crippen LogP contribution in [0.5, 0.6) is 0 Å². The van der Waals surface area contributed by atoms with Crippen LogP contribution in [0, 0.1) is 20.8 Å². The minimum Gasteiger partial charge on any atom is -0.341 e. The van der Waals surface area contributed by atoms with Crippen LogP contribution in [0.3, 0.4) is 0 Å². The normalized spacial score (nSPS) is 11.4. The molecule has 5 N–H and O–H groups in total. The van der Waals surface area contributed by atoms with Crippen LogP contribution in [0.15, 0.2) is 42.5 Å². The number of hydrogen-bond donors (Lipinski definition) is 4. The summed E-state index contributed by atoms with van der Waals surface area (Å²) in [4.78, 5) is 36.5. The van der Waals surface area contributed by atoms with Crippen molar-refractivity contribution in [2.45, 2.75) is 26.8 Å². The van der Waals surface area contributed by atoms with Gasteiger partial charge < -0.3 is 16.0 Å². The van der Waals surface area contributed by atoms with Crippen LogP contribution in [0.1, 0.15) is 28.3 Å². The first-order chi connectivity index (χ1) is 13.3. The SMILES string of the molecule is CNC(=O)NC(=O)[C@@H]([NH2+]CC(=O)Nc1c(C)cc(C)cc1C)c1ccccc1. The van der Waals surface area contributed by atoms with Gasteiger partial charge in [0.1, 0.15) is 0 Å². The highest BCUT2D eigenvalue weighted by atomic mass is 16.2. The number of anilines is 1. The van der Waals surface area contributed by atoms with Crippen LogP contribution in [0.25, 0.3) is 0 Å². The third-order valence-electron chi connectivity index (χ3n) is 4.39. The molecule has 0 fully saturated rings. The molecule has 0 radical (unpaired) electrons. The van der Waals surface area contributed by atoms with E-state index >= 15 is 0 Å². The summed E-state index contributed by atoms with van der Waals surface area (Å²) in [6, 6.07) is 11.7. The summed E-state index contributed by atoms with van der Waals surface area (Å²) in [5.74, 6) is -0.704. The van der Waals surface area contributed by atoms with Crippen LogP contribution in [0.4, 0.5) is 10.5 Å². The van der Waals surface area contributed by atoms with Crippen LogP contribution < -0.4 is 21.3 Å². The molecule has 0 aromatic heterocycles. The lowest BCUT2D eigenvalue weighted by atomic mass is 10.0. The van der Waals surface area contributed by atoms with Crippen molar-refractivity contribution in [2.24, 2.45) is 0 Å². The third kappa shape index (κ3) is 5.65. The first kappa shape index (κ1) is 21.1. The second kappa shape index (κ2) is 9.66. The highest BCUT2D eigenvalue weighted by Crippen LogP contribution is 2.21. The minimum atomic E-state index is -0.718. The summed E-state index contributed by atoms with van der Waals surface area (Å²) in [5, 5.41) is 9.16. The van der Waals surface area contributed by atoms with Gasteiger partial charge in [-0.25, -0.2) is 4.79 Å². The fourth-order valence-electron chi connectivity index (χ4n) is 3.10. The topological polar surface area (TPSA) is 104 Å². The van der Waals surface area contributed by atoms with Crippen molar-refractivity contribution in [3.8, 4) is 0 Å². The lowest BCUT2D eigenvalue weighted by Crippen LogP contribution is -2.89. The molecule has 0 heterocycles. The van der Waals surface area contributed by atoms with E-state index in [1.54, 1.807) is 17.4 Å². The van der Waals surface area contributed by atoms with E-state index < -0.39 is 18.0 Å². The molecule has 7 nitrogen and oxygen atoms in total. The fourth-order valence-corrected chi connectivity index (χ4v) is 3.10. The number of aryl methyl sites for hydroxylation is 3. The Bertz CT molecular complexity index is 842. The summed E-state index contributed by atoms with van der Waals surface area (Å²) in [5.41, 5.74) is 4.61. The van der Waals surface area contributed by atoms with E-state index in [0.29, 0.717) is 5.56 Å². The quantitative estimate of drug-likeness (QED) is 0.605. The van der Waals surface area contributed by atoms with Crippen molar-refractivity contribution in [1.82, 2.24) is 10.6 Å². The Morgan fingerprint density at radius 1 is 1.00 bits per heavy atom. The molecule has 0 spiro atoms. The van der Waals surface area contributed by atoms with E-state index in [1.165, 1.54) is 7.05 Å². The largest absolute Gasteiger partial charge is 0.341 e. The summed E-state index contributed by atoms with van der Waals surface area (Å²) in [7, 11) is 1.43. The fraction of sp³-hybridized carbons (Fsp3) is 0.286. The number of hydrogen-bond acceptors (Lipinski definition) is 3. The van der Waals surface area contributed by atoms with Gasteiger partial charge in [0.2, 0.25) is 0 Å². The molecule has 2 aromatic rings. The first-order valence-electron chi connectivity index (χ1n) is 9.10. The number of carbonyl (C=O) groups is 3. The average Bonchev–Trinajstić information content (AvgIpc) is 2.65. The van der Waals surface area contributed by atoms with Crippen molar-refractivity contribution in [3.05, 3.63) is 64.7 Å². The Kier molecular flexibility index (Phi) is 7.28. The highest BCUT2D eigenvalue weighted by molar-refractivity contribution is 5.97. The number of benzene rings is 2. The Labute approximate surface area is 164 Å². The number of rotatable bonds is 6. The molecule has 2 rings (SSSR count). The maximum atomic E-state index is 12.5. The van der Waals surface area contributed by atoms with Crippen molar-refractivity contribution < 1.29 is 19.7 Å². The van der Waals surface area contributed by atoms with Crippen LogP contribution >= 0.6 is 0 Å². The molecule has 0 aliphatic heterocycles. The van der Waals surface area contributed by atoms with Gasteiger partial charge in [0.25, 0.3) is 11.8 Å². The predicted molar refractivity (Wildman–Crippen MR) is 108 cm³/mol. The van der Waals surface area contributed by atoms with Gasteiger partial charge in [-0.3, -0.25) is 14.9 Å². The Balaban J connectivity index is 2.09. The zero-order chi connectivity index (χ0) is 20.7. The average molecular weight is 383 g/mol. The molecule has 0 unspecified atom stereocenters. The zero-order valence-corrected chi connectivity index (χ0v) is 16.6. The maximum absolute atomic E-state index is 12.5. The van der Waals surface area contributed by atoms with Gasteiger partial charge in [-0.2, -0.15) is 0 Å². The van der Waals surface area contributed by atoms with E-state index in [1.807, 2.05) is 51.1 Å². The van der Waals surface area contributed by atoms with Gasteiger partial charge in [-0.15, -0.1) is 0 Å². The second-order valence-electron chi connectivity index (χ2n) is 6.72. The van der Waals surface area contributed by atoms with Crippen molar-refractivity contribution >= 4 is 23.5 Å². The molecule has 7 heteroatoms. The molecule has 4 amide bonds. The Morgan fingerprint density at radius 2 is 1.61 bits per heavy atom. The third-order valence-corrected chi connectivity index (χ3v) is 4.39. The molecule has 0 aliphatic carbocycles. The van der Waals surface area contributed by atoms with Crippen molar-refractivity contribution in [3.63, 3.8) is 0 Å². The predicted octanol–water partition coefficient (Wildman–Crippen LogP) is 1.31. The number of quaternary nitrogens is 1. The maximum Gasteiger partial charge on any atom is 0.321 e. The lowest BCUT2D eigenvalue weighted by molar-refractivity contribution is -0.672. The number of imide groups is 1. The highest BCUT2D eigenvalue weighted by Gasteiger charge is 2.26. The van der Waals surface area contributed by atoms with Gasteiger partial charge in [-0.1, -0.05) is 48.0 Å². The molecule has 28 heavy (non-hydrogen) atoms. The van der Waals surface area contributed by atoms with Gasteiger partial charge in [-0.05, 0) is 31.9 Å². The molecule has 0 bridgehead atoms. The number of amides is 4. The van der Waals surface area contributed by atoms with Crippen molar-refractivity contribution in [2.75, 3.05) is 18.9 Å². The molecule has 148 valence electrons. The molecule has 2 aromatic carbocycles. The zero-order valence-electron chi connectivity index (χ0n) is 16.6. The van der Waals surface area contributed by atoms with Crippen molar-refractivity contribution in [1.29, 1.82) is 0 Å². The van der Waals surface area contributed by atoms with Gasteiger partial charge >= 0.3 is 6.03 Å². The lowest BCUT2D eigenvalue weighted by Gasteiger charge is -2.16. The van der Waals surface area contributed by atoms with Crippen LogP contribution in [-0.4, -0.2) is 31.4 Å². The number of carbonyl (C=O) groups excluding carboxylic acids is 3. The summed E-state index contributed by atoms with van der Waals surface area (Å²) < 4.78 is 0. The van der Waals surface area contributed by atoms with E-state index in [0.717, 1.165) is 22.4 Å². The summed E-state index contributed by atoms with van der Waals surface area (Å²) in [6.45, 7) is 5.94. The molecular weight excluding hydrogens is 356 g/mol. The Morgan fingerprint density at radius 3 is 2.18 bits per heavy atom. The number of urea groups is 1. The standard InChI is InChI=1S/C21H26N4O3/c1-13-10-14(2)18(15(3)11-13)24-17(26)12-23-19(16-8-6-5-7-9-16)20(27)25-21(28)22-4/h5-11,19,23H,12H2,1-4H3,(H,24,26)(H2,22,25,27,28)/p+1/t19-/m0/s1. The van der Waals surface area contributed by atoms with E-state index in [2.05, 4.69) is 16.0 Å². The minimum absolute atomic E-state index is 0.0352. The number of nitrogens with two attached hydrogens (primary N) is 1. The van der Waals surface area contributed by atoms with Crippen LogP contribution in [-0.2, 0) is 9.59 Å². The first-order valence-corrected chi connectivity index (χ1v) is 9.10. The van der Waals surface area contributed by atoms with E-state index in [9.17, 15) is 14.4 Å². The van der Waals surface area contributed by atoms with E-state index in [-0.39, 0.29) is 12.5 Å². The molecule has 0 aliphatic rings. The molecule has 0 saturated heterocycles. The molecular formula is C21H27N4O3+.